The van der Waals surface area contributed by atoms with Gasteiger partial charge in [0.2, 0.25) is 0 Å². The minimum Gasteiger partial charge on any atom is 0 e. The molecule has 0 saturated heterocycles. The van der Waals surface area contributed by atoms with Gasteiger partial charge in [0.15, 0.2) is 0 Å². The van der Waals surface area contributed by atoms with Crippen LogP contribution in [0.1, 0.15) is 0 Å². The quantitative estimate of drug-likeness (QED) is 0.556. The van der Waals surface area contributed by atoms with Gasteiger partial charge in [-0.15, -0.1) is 0 Å². The van der Waals surface area contributed by atoms with Crippen LogP contribution in [0.5, 0.6) is 0 Å². The van der Waals surface area contributed by atoms with E-state index in [0.717, 1.165) is 0 Å². The summed E-state index contributed by atoms with van der Waals surface area (Å²) in [5, 5.41) is 0. The van der Waals surface area contributed by atoms with Gasteiger partial charge < -0.3 is 0 Å². The van der Waals surface area contributed by atoms with Gasteiger partial charge in [-0.25, -0.2) is 0 Å². The molecule has 31 valence electrons. The predicted octanol–water partition coefficient (Wildman–Crippen LogP) is 0.0831. The van der Waals surface area contributed by atoms with Gasteiger partial charge in [0.1, 0.15) is 0 Å². The second-order valence-corrected chi connectivity index (χ2v) is 3.74. The zero-order chi connectivity index (χ0) is 3.54. The molecule has 1 aliphatic heterocycles. The molecule has 2 heteroatoms. The molecule has 0 spiro atoms. The Bertz CT molecular complexity index is 63.6. The summed E-state index contributed by atoms with van der Waals surface area (Å²) in [7, 11) is 0. The van der Waals surface area contributed by atoms with E-state index in [2.05, 4.69) is 20.2 Å². The minimum absolute atomic E-state index is 0. The number of rotatable bonds is 0. The molecule has 3 radical (unpaired) electrons. The Morgan fingerprint density at radius 3 is 1.67 bits per heavy atom. The zero-order valence-electron chi connectivity index (χ0n) is 3.26. The van der Waals surface area contributed by atoms with Gasteiger partial charge in [-0.3, -0.25) is 0 Å². The maximum atomic E-state index is 2.30. The molecule has 1 rings (SSSR count). The van der Waals surface area contributed by atoms with Crippen molar-refractivity contribution in [3.63, 3.8) is 0 Å². The fourth-order valence-electron chi connectivity index (χ4n) is 0.278. The van der Waals surface area contributed by atoms with Gasteiger partial charge in [0.25, 0.3) is 0 Å². The molecule has 0 aliphatic carbocycles. The van der Waals surface area contributed by atoms with Crippen molar-refractivity contribution in [1.82, 2.24) is 0 Å². The third-order valence-electron chi connectivity index (χ3n) is 0.496. The maximum Gasteiger partial charge on any atom is 0 e. The van der Waals surface area contributed by atoms with Crippen LogP contribution in [-0.4, -0.2) is 46.0 Å². The van der Waals surface area contributed by atoms with Gasteiger partial charge >= 0.3 is 41.8 Å². The Labute approximate surface area is 65.7 Å². The van der Waals surface area contributed by atoms with Crippen LogP contribution >= 0.6 is 0 Å². The van der Waals surface area contributed by atoms with Crippen LogP contribution in [0.4, 0.5) is 0 Å². The number of allylic oxidation sites excluding steroid dienone is 2. The molecule has 0 unspecified atom stereocenters. The molecule has 0 aromatic carbocycles. The number of hydrogen-bond donors (Lipinski definition) is 0. The fraction of sp³-hybridized carbons (Fsp3) is 0. The van der Waals surface area contributed by atoms with Gasteiger partial charge in [0.05, 0.1) is 0 Å². The van der Waals surface area contributed by atoms with Crippen LogP contribution in [0.3, 0.4) is 0 Å². The molecule has 0 atom stereocenters. The molecular weight excluding hydrogens is 292 g/mol. The molecule has 0 fully saturated rings. The van der Waals surface area contributed by atoms with E-state index in [9.17, 15) is 0 Å². The normalized spacial score (nSPS) is 14.7. The molecule has 0 saturated carbocycles. The molecule has 0 amide bonds. The molecule has 0 N–H and O–H groups in total. The Hall–Kier alpha value is 1.12. The van der Waals surface area contributed by atoms with Crippen molar-refractivity contribution in [3.8, 4) is 0 Å². The average molecular weight is 297 g/mol. The summed E-state index contributed by atoms with van der Waals surface area (Å²) in [5.74, 6) is 0. The Morgan fingerprint density at radius 1 is 1.00 bits per heavy atom. The van der Waals surface area contributed by atoms with E-state index in [1.807, 2.05) is 0 Å². The summed E-state index contributed by atoms with van der Waals surface area (Å²) in [6.45, 7) is 0. The van der Waals surface area contributed by atoms with Crippen molar-refractivity contribution >= 4 is 46.0 Å². The van der Waals surface area contributed by atoms with Crippen LogP contribution in [-0.2, 0) is 0 Å². The summed E-state index contributed by atoms with van der Waals surface area (Å²) >= 11 is -0.0322. The third-order valence-corrected chi connectivity index (χ3v) is 2.69. The molecule has 6 heavy (non-hydrogen) atoms. The summed E-state index contributed by atoms with van der Waals surface area (Å²) in [6, 6.07) is 0. The van der Waals surface area contributed by atoms with E-state index in [-0.39, 0.29) is 46.0 Å². The van der Waals surface area contributed by atoms with Crippen LogP contribution < -0.4 is 0 Å². The zero-order valence-corrected chi connectivity index (χ0v) is 8.66. The smallest absolute Gasteiger partial charge is 0 e. The fourth-order valence-corrected chi connectivity index (χ4v) is 1.86. The van der Waals surface area contributed by atoms with Crippen LogP contribution in [0, 0.1) is 0 Å². The van der Waals surface area contributed by atoms with E-state index in [4.69, 9.17) is 0 Å². The molecule has 1 heterocycles. The van der Waals surface area contributed by atoms with Crippen molar-refractivity contribution in [1.29, 1.82) is 0 Å². The van der Waals surface area contributed by atoms with E-state index in [0.29, 0.717) is 0 Å². The van der Waals surface area contributed by atoms with Crippen LogP contribution in [0.2, 0.25) is 0 Å². The Morgan fingerprint density at radius 2 is 1.50 bits per heavy atom. The minimum atomic E-state index is -0.0322. The van der Waals surface area contributed by atoms with Crippen LogP contribution in [0.15, 0.2) is 20.2 Å². The van der Waals surface area contributed by atoms with E-state index < -0.39 is 0 Å². The first kappa shape index (κ1) is 7.12. The third kappa shape index (κ3) is 2.32. The molecule has 0 aromatic heterocycles. The first-order valence-corrected chi connectivity index (χ1v) is 4.87. The standard InChI is InChI=1S/C4H4.2Sb.H/c1-3-4-2;;;/h1-4H;;;. The molecule has 1 aliphatic rings. The molecule has 0 nitrogen and oxygen atoms in total. The van der Waals surface area contributed by atoms with Crippen molar-refractivity contribution in [2.45, 2.75) is 0 Å². The van der Waals surface area contributed by atoms with Gasteiger partial charge in [-0.1, -0.05) is 0 Å². The monoisotopic (exact) mass is 295 g/mol. The number of hydrogen-bond acceptors (Lipinski definition) is 0. The second-order valence-electron chi connectivity index (χ2n) is 0.885. The SMILES string of the molecule is C1=[CH][SbH][CH]=C1.[Sb]. The van der Waals surface area contributed by atoms with Crippen molar-refractivity contribution in [2.24, 2.45) is 0 Å². The predicted molar refractivity (Wildman–Crippen MR) is 31.2 cm³/mol. The van der Waals surface area contributed by atoms with Crippen molar-refractivity contribution in [2.75, 3.05) is 0 Å². The summed E-state index contributed by atoms with van der Waals surface area (Å²) in [5.41, 5.74) is 0. The molecule has 0 bridgehead atoms. The van der Waals surface area contributed by atoms with Crippen LogP contribution in [0.25, 0.3) is 0 Å². The second kappa shape index (κ2) is 4.28. The van der Waals surface area contributed by atoms with E-state index in [1.54, 1.807) is 0 Å². The van der Waals surface area contributed by atoms with Crippen molar-refractivity contribution in [3.05, 3.63) is 20.2 Å². The largest absolute Gasteiger partial charge is 0 e. The summed E-state index contributed by atoms with van der Waals surface area (Å²) in [4.78, 5) is 0. The maximum absolute atomic E-state index is 2.30. The molecular formula is C4H5Sb2. The molecule has 0 aromatic rings. The van der Waals surface area contributed by atoms with E-state index in [1.165, 1.54) is 0 Å². The van der Waals surface area contributed by atoms with Crippen molar-refractivity contribution < 1.29 is 0 Å². The Balaban J connectivity index is 0.000000250. The van der Waals surface area contributed by atoms with Gasteiger partial charge in [0, 0.05) is 24.4 Å². The topological polar surface area (TPSA) is 0 Å². The van der Waals surface area contributed by atoms with Gasteiger partial charge in [-0.2, -0.15) is 0 Å². The Kier molecular flexibility index (Phi) is 5.08. The van der Waals surface area contributed by atoms with Gasteiger partial charge in [-0.05, 0) is 0 Å². The summed E-state index contributed by atoms with van der Waals surface area (Å²) in [6.07, 6.45) is 4.26. The summed E-state index contributed by atoms with van der Waals surface area (Å²) < 4.78 is 4.59. The van der Waals surface area contributed by atoms with E-state index >= 15 is 0 Å². The average Bonchev–Trinajstić information content (AvgIpc) is 1.76. The first-order chi connectivity index (χ1) is 2.50. The first-order valence-electron chi connectivity index (χ1n) is 1.58.